The van der Waals surface area contributed by atoms with E-state index in [1.165, 1.54) is 4.31 Å². The zero-order valence-electron chi connectivity index (χ0n) is 11.1. The van der Waals surface area contributed by atoms with Gasteiger partial charge in [0.2, 0.25) is 10.0 Å². The molecule has 7 heteroatoms. The molecule has 20 heavy (non-hydrogen) atoms. The molecule has 4 nitrogen and oxygen atoms in total. The fourth-order valence-corrected chi connectivity index (χ4v) is 4.37. The highest BCUT2D eigenvalue weighted by Gasteiger charge is 2.31. The van der Waals surface area contributed by atoms with Gasteiger partial charge in [-0.2, -0.15) is 4.31 Å². The van der Waals surface area contributed by atoms with Crippen molar-refractivity contribution in [2.45, 2.75) is 25.2 Å². The van der Waals surface area contributed by atoms with Gasteiger partial charge in [-0.3, -0.25) is 0 Å². The van der Waals surface area contributed by atoms with Gasteiger partial charge in [0.15, 0.2) is 0 Å². The van der Waals surface area contributed by atoms with E-state index in [9.17, 15) is 13.5 Å². The minimum atomic E-state index is -3.47. The first-order valence-corrected chi connectivity index (χ1v) is 8.75. The lowest BCUT2D eigenvalue weighted by atomic mass is 9.98. The minimum absolute atomic E-state index is 0.127. The molecule has 1 heterocycles. The van der Waals surface area contributed by atoms with E-state index in [1.54, 1.807) is 18.2 Å². The molecule has 2 atom stereocenters. The van der Waals surface area contributed by atoms with Gasteiger partial charge in [0, 0.05) is 23.1 Å². The number of aliphatic hydroxyl groups excluding tert-OH is 1. The molecule has 1 aliphatic heterocycles. The van der Waals surface area contributed by atoms with Crippen LogP contribution in [0.2, 0.25) is 10.0 Å². The minimum Gasteiger partial charge on any atom is -0.391 e. The van der Waals surface area contributed by atoms with Gasteiger partial charge in [-0.1, -0.05) is 30.1 Å². The van der Waals surface area contributed by atoms with Crippen molar-refractivity contribution in [2.24, 2.45) is 5.92 Å². The Hall–Kier alpha value is -0.330. The van der Waals surface area contributed by atoms with Crippen molar-refractivity contribution in [3.63, 3.8) is 0 Å². The van der Waals surface area contributed by atoms with E-state index < -0.39 is 16.1 Å². The second-order valence-corrected chi connectivity index (χ2v) is 8.07. The van der Waals surface area contributed by atoms with Crippen molar-refractivity contribution in [3.8, 4) is 0 Å². The largest absolute Gasteiger partial charge is 0.391 e. The summed E-state index contributed by atoms with van der Waals surface area (Å²) in [6.07, 6.45) is 0.0536. The number of β-amino-alcohol motifs (C(OH)–C–C–N with tert-alkyl or cyclic N) is 1. The number of nitrogens with zero attached hydrogens (tertiary/aromatic N) is 1. The molecule has 1 N–H and O–H groups in total. The predicted octanol–water partition coefficient (Wildman–Crippen LogP) is 2.53. The zero-order chi connectivity index (χ0) is 14.9. The van der Waals surface area contributed by atoms with Crippen LogP contribution in [0, 0.1) is 5.92 Å². The summed E-state index contributed by atoms with van der Waals surface area (Å²) in [7, 11) is -3.47. The van der Waals surface area contributed by atoms with Gasteiger partial charge in [-0.05, 0) is 36.1 Å². The quantitative estimate of drug-likeness (QED) is 0.921. The topological polar surface area (TPSA) is 57.6 Å². The van der Waals surface area contributed by atoms with Crippen molar-refractivity contribution >= 4 is 33.2 Å². The second kappa shape index (κ2) is 6.20. The van der Waals surface area contributed by atoms with Crippen molar-refractivity contribution in [1.29, 1.82) is 0 Å². The first-order valence-electron chi connectivity index (χ1n) is 6.39. The van der Waals surface area contributed by atoms with E-state index >= 15 is 0 Å². The Morgan fingerprint density at radius 1 is 1.30 bits per heavy atom. The SMILES string of the molecule is CC1CCN(S(=O)(=O)Cc2cc(Cl)cc(Cl)c2)CC1O. The Balaban J connectivity index is 2.15. The summed E-state index contributed by atoms with van der Waals surface area (Å²) >= 11 is 11.7. The number of rotatable bonds is 3. The maximum Gasteiger partial charge on any atom is 0.218 e. The van der Waals surface area contributed by atoms with E-state index in [-0.39, 0.29) is 18.2 Å². The lowest BCUT2D eigenvalue weighted by Gasteiger charge is -2.33. The molecule has 1 aromatic rings. The predicted molar refractivity (Wildman–Crippen MR) is 80.4 cm³/mol. The average molecular weight is 338 g/mol. The Morgan fingerprint density at radius 2 is 1.90 bits per heavy atom. The molecule has 0 radical (unpaired) electrons. The molecule has 0 spiro atoms. The van der Waals surface area contributed by atoms with Crippen molar-refractivity contribution in [3.05, 3.63) is 33.8 Å². The van der Waals surface area contributed by atoms with Crippen LogP contribution in [0.4, 0.5) is 0 Å². The van der Waals surface area contributed by atoms with E-state index in [2.05, 4.69) is 0 Å². The van der Waals surface area contributed by atoms with Gasteiger partial charge >= 0.3 is 0 Å². The third-order valence-electron chi connectivity index (χ3n) is 3.55. The molecule has 1 aromatic carbocycles. The summed E-state index contributed by atoms with van der Waals surface area (Å²) in [5.41, 5.74) is 0.551. The maximum atomic E-state index is 12.4. The van der Waals surface area contributed by atoms with E-state index in [0.717, 1.165) is 0 Å². The van der Waals surface area contributed by atoms with Gasteiger partial charge in [0.05, 0.1) is 11.9 Å². The van der Waals surface area contributed by atoms with Crippen molar-refractivity contribution in [1.82, 2.24) is 4.31 Å². The lowest BCUT2D eigenvalue weighted by Crippen LogP contribution is -2.46. The fraction of sp³-hybridized carbons (Fsp3) is 0.538. The normalized spacial score (nSPS) is 24.8. The van der Waals surface area contributed by atoms with Crippen LogP contribution in [-0.2, 0) is 15.8 Å². The first kappa shape index (κ1) is 16.0. The Labute approximate surface area is 129 Å². The maximum absolute atomic E-state index is 12.4. The van der Waals surface area contributed by atoms with Crippen LogP contribution >= 0.6 is 23.2 Å². The Morgan fingerprint density at radius 3 is 2.45 bits per heavy atom. The highest BCUT2D eigenvalue weighted by Crippen LogP contribution is 2.24. The van der Waals surface area contributed by atoms with Crippen molar-refractivity contribution < 1.29 is 13.5 Å². The average Bonchev–Trinajstić information content (AvgIpc) is 2.30. The zero-order valence-corrected chi connectivity index (χ0v) is 13.4. The molecule has 0 amide bonds. The molecule has 1 fully saturated rings. The molecule has 1 aliphatic rings. The van der Waals surface area contributed by atoms with Crippen LogP contribution < -0.4 is 0 Å². The molecule has 0 aromatic heterocycles. The third kappa shape index (κ3) is 3.86. The van der Waals surface area contributed by atoms with Crippen LogP contribution in [0.15, 0.2) is 18.2 Å². The molecular weight excluding hydrogens is 321 g/mol. The smallest absolute Gasteiger partial charge is 0.218 e. The number of benzene rings is 1. The van der Waals surface area contributed by atoms with Gasteiger partial charge in [0.25, 0.3) is 0 Å². The molecule has 2 rings (SSSR count). The summed E-state index contributed by atoms with van der Waals surface area (Å²) in [5, 5.41) is 10.6. The number of hydrogen-bond acceptors (Lipinski definition) is 3. The molecule has 0 aliphatic carbocycles. The summed E-state index contributed by atoms with van der Waals surface area (Å²) < 4.78 is 26.1. The second-order valence-electron chi connectivity index (χ2n) is 5.23. The van der Waals surface area contributed by atoms with Crippen LogP contribution in [0.5, 0.6) is 0 Å². The van der Waals surface area contributed by atoms with Gasteiger partial charge in [0.1, 0.15) is 0 Å². The Bertz CT molecular complexity index is 571. The number of piperidine rings is 1. The van der Waals surface area contributed by atoms with Crippen LogP contribution in [-0.4, -0.2) is 37.0 Å². The van der Waals surface area contributed by atoms with Crippen LogP contribution in [0.25, 0.3) is 0 Å². The first-order chi connectivity index (χ1) is 9.28. The number of sulfonamides is 1. The highest BCUT2D eigenvalue weighted by molar-refractivity contribution is 7.88. The van der Waals surface area contributed by atoms with Crippen LogP contribution in [0.1, 0.15) is 18.9 Å². The molecular formula is C13H17Cl2NO3S. The summed E-state index contributed by atoms with van der Waals surface area (Å²) in [6, 6.07) is 4.74. The number of aliphatic hydroxyl groups is 1. The Kier molecular flexibility index (Phi) is 4.97. The lowest BCUT2D eigenvalue weighted by molar-refractivity contribution is 0.0604. The standard InChI is InChI=1S/C13H17Cl2NO3S/c1-9-2-3-16(7-13(9)17)20(18,19)8-10-4-11(14)6-12(15)5-10/h4-6,9,13,17H,2-3,7-8H2,1H3. The summed E-state index contributed by atoms with van der Waals surface area (Å²) in [4.78, 5) is 0. The summed E-state index contributed by atoms with van der Waals surface area (Å²) in [5.74, 6) is -0.0314. The van der Waals surface area contributed by atoms with Gasteiger partial charge in [-0.25, -0.2) is 8.42 Å². The van der Waals surface area contributed by atoms with E-state index in [0.29, 0.717) is 28.6 Å². The van der Waals surface area contributed by atoms with E-state index in [4.69, 9.17) is 23.2 Å². The highest BCUT2D eigenvalue weighted by atomic mass is 35.5. The molecule has 112 valence electrons. The van der Waals surface area contributed by atoms with Gasteiger partial charge in [-0.15, -0.1) is 0 Å². The molecule has 0 bridgehead atoms. The molecule has 2 unspecified atom stereocenters. The van der Waals surface area contributed by atoms with E-state index in [1.807, 2.05) is 6.92 Å². The number of halogens is 2. The van der Waals surface area contributed by atoms with Crippen molar-refractivity contribution in [2.75, 3.05) is 13.1 Å². The third-order valence-corrected chi connectivity index (χ3v) is 5.80. The fourth-order valence-electron chi connectivity index (χ4n) is 2.27. The molecule has 0 saturated carbocycles. The van der Waals surface area contributed by atoms with Crippen LogP contribution in [0.3, 0.4) is 0 Å². The molecule has 1 saturated heterocycles. The van der Waals surface area contributed by atoms with Gasteiger partial charge < -0.3 is 5.11 Å². The number of hydrogen-bond donors (Lipinski definition) is 1. The summed E-state index contributed by atoms with van der Waals surface area (Å²) in [6.45, 7) is 2.51. The monoisotopic (exact) mass is 337 g/mol.